The Morgan fingerprint density at radius 1 is 0.964 bits per heavy atom. The zero-order chi connectivity index (χ0) is 40.7. The maximum absolute atomic E-state index is 15.0. The summed E-state index contributed by atoms with van der Waals surface area (Å²) in [6, 6.07) is 11.7. The summed E-state index contributed by atoms with van der Waals surface area (Å²) in [5.74, 6) is -3.54. The van der Waals surface area contributed by atoms with E-state index in [0.717, 1.165) is 23.8 Å². The number of carbonyl (C=O) groups excluding carboxylic acids is 3. The summed E-state index contributed by atoms with van der Waals surface area (Å²) >= 11 is 1.18. The Morgan fingerprint density at radius 3 is 2.22 bits per heavy atom. The van der Waals surface area contributed by atoms with Crippen molar-refractivity contribution in [3.8, 4) is 11.1 Å². The Labute approximate surface area is 325 Å². The molecule has 0 saturated carbocycles. The van der Waals surface area contributed by atoms with Gasteiger partial charge in [0.05, 0.1) is 30.5 Å². The normalized spacial score (nSPS) is 13.8. The minimum absolute atomic E-state index is 0.00553. The van der Waals surface area contributed by atoms with Crippen molar-refractivity contribution < 1.29 is 42.9 Å². The molecule has 3 aromatic rings. The molecule has 0 spiro atoms. The van der Waals surface area contributed by atoms with Crippen molar-refractivity contribution in [1.29, 1.82) is 0 Å². The van der Waals surface area contributed by atoms with E-state index in [9.17, 15) is 28.7 Å². The van der Waals surface area contributed by atoms with Gasteiger partial charge in [0, 0.05) is 54.9 Å². The number of nitrogens with zero attached hydrogens (tertiary/aromatic N) is 2. The van der Waals surface area contributed by atoms with Gasteiger partial charge in [-0.3, -0.25) is 19.2 Å². The van der Waals surface area contributed by atoms with E-state index in [1.807, 2.05) is 62.6 Å². The lowest BCUT2D eigenvalue weighted by molar-refractivity contribution is -0.140. The molecule has 0 aliphatic heterocycles. The molecule has 0 aliphatic rings. The summed E-state index contributed by atoms with van der Waals surface area (Å²) in [6.45, 7) is 7.83. The summed E-state index contributed by atoms with van der Waals surface area (Å²) in [5, 5.41) is 24.0. The predicted octanol–water partition coefficient (Wildman–Crippen LogP) is 3.28. The van der Waals surface area contributed by atoms with Crippen LogP contribution >= 0.6 is 11.8 Å². The number of halogens is 2. The van der Waals surface area contributed by atoms with Crippen molar-refractivity contribution in [2.45, 2.75) is 70.5 Å². The largest absolute Gasteiger partial charge is 0.480 e. The van der Waals surface area contributed by atoms with Crippen LogP contribution in [0.1, 0.15) is 57.8 Å². The Kier molecular flexibility index (Phi) is 17.7. The summed E-state index contributed by atoms with van der Waals surface area (Å²) in [7, 11) is 0. The van der Waals surface area contributed by atoms with Crippen molar-refractivity contribution in [3.63, 3.8) is 0 Å². The standard InChI is InChI=1S/C39H54F2N6O7S/c1-5-33(55-24-31(43)38(52)53)37(51)45-15-18-54-17-14-44-36(50)30(42)13-16-47(34(49)23-48)35(39(2,3)4)32-19-26(28-20-27(40)11-12-29(28)41)22-46(32)21-25-9-7-6-8-10-25/h6-12,19-20,22,30-31,33,35,48H,5,13-18,21,23-24,42-43H2,1-4H3,(H,44,50)(H,45,51)(H,52,53)/t30-,31-,33?,35-/m0/s1. The van der Waals surface area contributed by atoms with E-state index in [-0.39, 0.29) is 56.5 Å². The number of benzene rings is 2. The van der Waals surface area contributed by atoms with Crippen LogP contribution in [0.15, 0.2) is 60.8 Å². The van der Waals surface area contributed by atoms with E-state index < -0.39 is 64.8 Å². The van der Waals surface area contributed by atoms with Gasteiger partial charge >= 0.3 is 5.97 Å². The second kappa shape index (κ2) is 21.7. The van der Waals surface area contributed by atoms with Gasteiger partial charge in [-0.05, 0) is 48.1 Å². The van der Waals surface area contributed by atoms with Crippen LogP contribution < -0.4 is 22.1 Å². The third-order valence-electron chi connectivity index (χ3n) is 8.80. The van der Waals surface area contributed by atoms with E-state index in [1.54, 1.807) is 12.3 Å². The fourth-order valence-corrected chi connectivity index (χ4v) is 7.07. The predicted molar refractivity (Wildman–Crippen MR) is 208 cm³/mol. The molecule has 0 fully saturated rings. The van der Waals surface area contributed by atoms with Crippen molar-refractivity contribution in [2.24, 2.45) is 16.9 Å². The number of carboxylic acids is 1. The average Bonchev–Trinajstić information content (AvgIpc) is 3.55. The molecule has 16 heteroatoms. The van der Waals surface area contributed by atoms with Gasteiger partial charge in [0.15, 0.2) is 0 Å². The number of rotatable bonds is 22. The molecule has 1 unspecified atom stereocenters. The highest BCUT2D eigenvalue weighted by atomic mass is 32.2. The van der Waals surface area contributed by atoms with Crippen LogP contribution in [0, 0.1) is 17.0 Å². The van der Waals surface area contributed by atoms with Crippen LogP contribution in [0.4, 0.5) is 8.78 Å². The maximum Gasteiger partial charge on any atom is 0.321 e. The average molecular weight is 789 g/mol. The lowest BCUT2D eigenvalue weighted by Gasteiger charge is -2.41. The Morgan fingerprint density at radius 2 is 1.62 bits per heavy atom. The summed E-state index contributed by atoms with van der Waals surface area (Å²) in [4.78, 5) is 51.2. The first-order valence-electron chi connectivity index (χ1n) is 18.2. The molecule has 1 heterocycles. The third kappa shape index (κ3) is 13.7. The minimum Gasteiger partial charge on any atom is -0.480 e. The number of aliphatic hydroxyl groups is 1. The summed E-state index contributed by atoms with van der Waals surface area (Å²) in [5.41, 5.74) is 13.2. The second-order valence-electron chi connectivity index (χ2n) is 14.2. The van der Waals surface area contributed by atoms with Crippen LogP contribution in [0.25, 0.3) is 11.1 Å². The van der Waals surface area contributed by atoms with Crippen molar-refractivity contribution in [1.82, 2.24) is 20.1 Å². The number of thioether (sulfide) groups is 1. The lowest BCUT2D eigenvalue weighted by atomic mass is 9.82. The van der Waals surface area contributed by atoms with Gasteiger partial charge in [-0.2, -0.15) is 0 Å². The van der Waals surface area contributed by atoms with Crippen LogP contribution in [0.5, 0.6) is 0 Å². The number of aliphatic hydroxyl groups excluding tert-OH is 1. The SMILES string of the molecule is CCC(SC[C@H](N)C(=O)O)C(=O)NCCOCCNC(=O)[C@@H](N)CCN(C(=O)CO)[C@@H](c1cc(-c2cc(F)ccc2F)cn1Cc1ccccc1)C(C)(C)C. The molecule has 3 amide bonds. The van der Waals surface area contributed by atoms with Crippen LogP contribution in [0.2, 0.25) is 0 Å². The number of nitrogens with one attached hydrogen (secondary N) is 2. The summed E-state index contributed by atoms with van der Waals surface area (Å²) < 4.78 is 36.7. The fraction of sp³-hybridized carbons (Fsp3) is 0.487. The number of carboxylic acid groups (broad SMARTS) is 1. The Balaban J connectivity index is 1.65. The first-order chi connectivity index (χ1) is 26.1. The molecule has 0 bridgehead atoms. The summed E-state index contributed by atoms with van der Waals surface area (Å²) in [6.07, 6.45) is 2.27. The van der Waals surface area contributed by atoms with Gasteiger partial charge in [-0.1, -0.05) is 58.0 Å². The first kappa shape index (κ1) is 45.0. The molecule has 0 radical (unpaired) electrons. The molecule has 3 rings (SSSR count). The number of hydrogen-bond acceptors (Lipinski definition) is 9. The molecule has 1 aromatic heterocycles. The van der Waals surface area contributed by atoms with Crippen molar-refractivity contribution in [3.05, 3.63) is 83.7 Å². The van der Waals surface area contributed by atoms with Gasteiger partial charge in [-0.15, -0.1) is 11.8 Å². The molecule has 302 valence electrons. The van der Waals surface area contributed by atoms with Gasteiger partial charge in [-0.25, -0.2) is 8.78 Å². The molecule has 13 nitrogen and oxygen atoms in total. The van der Waals surface area contributed by atoms with E-state index >= 15 is 4.39 Å². The topological polar surface area (TPSA) is 202 Å². The fourth-order valence-electron chi connectivity index (χ4n) is 6.02. The van der Waals surface area contributed by atoms with E-state index in [1.165, 1.54) is 16.7 Å². The quantitative estimate of drug-likeness (QED) is 0.0821. The van der Waals surface area contributed by atoms with Crippen LogP contribution in [0.3, 0.4) is 0 Å². The number of nitrogens with two attached hydrogens (primary N) is 2. The van der Waals surface area contributed by atoms with Gasteiger partial charge in [0.25, 0.3) is 0 Å². The molecular formula is C39H54F2N6O7S. The maximum atomic E-state index is 15.0. The van der Waals surface area contributed by atoms with E-state index in [0.29, 0.717) is 24.2 Å². The highest BCUT2D eigenvalue weighted by Gasteiger charge is 2.37. The van der Waals surface area contributed by atoms with Crippen molar-refractivity contribution in [2.75, 3.05) is 45.2 Å². The van der Waals surface area contributed by atoms with E-state index in [2.05, 4.69) is 10.6 Å². The highest BCUT2D eigenvalue weighted by Crippen LogP contribution is 2.41. The number of aliphatic carboxylic acids is 1. The van der Waals surface area contributed by atoms with Gasteiger partial charge in [0.1, 0.15) is 24.3 Å². The number of hydrogen-bond donors (Lipinski definition) is 6. The highest BCUT2D eigenvalue weighted by molar-refractivity contribution is 8.00. The molecule has 0 aliphatic carbocycles. The van der Waals surface area contributed by atoms with Gasteiger partial charge in [0.2, 0.25) is 17.7 Å². The van der Waals surface area contributed by atoms with Gasteiger partial charge < -0.3 is 46.5 Å². The number of aromatic nitrogens is 1. The van der Waals surface area contributed by atoms with Crippen molar-refractivity contribution >= 4 is 35.5 Å². The lowest BCUT2D eigenvalue weighted by Crippen LogP contribution is -2.48. The number of amides is 3. The van der Waals surface area contributed by atoms with Crippen LogP contribution in [-0.2, 0) is 30.5 Å². The Hall–Kier alpha value is -4.35. The molecule has 0 saturated heterocycles. The first-order valence-corrected chi connectivity index (χ1v) is 19.2. The monoisotopic (exact) mass is 788 g/mol. The smallest absolute Gasteiger partial charge is 0.321 e. The zero-order valence-electron chi connectivity index (χ0n) is 31.8. The van der Waals surface area contributed by atoms with Crippen LogP contribution in [-0.4, -0.2) is 106 Å². The minimum atomic E-state index is -1.13. The molecule has 4 atom stereocenters. The molecule has 55 heavy (non-hydrogen) atoms. The number of carbonyl (C=O) groups is 4. The molecule has 2 aromatic carbocycles. The number of ether oxygens (including phenoxy) is 1. The molecule has 8 N–H and O–H groups in total. The van der Waals surface area contributed by atoms with E-state index in [4.69, 9.17) is 21.3 Å². The second-order valence-corrected chi connectivity index (χ2v) is 15.4. The third-order valence-corrected chi connectivity index (χ3v) is 10.3. The zero-order valence-corrected chi connectivity index (χ0v) is 32.6. The molecular weight excluding hydrogens is 735 g/mol. The Bertz CT molecular complexity index is 1720.